The van der Waals surface area contributed by atoms with Gasteiger partial charge < -0.3 is 19.8 Å². The van der Waals surface area contributed by atoms with Crippen LogP contribution in [0.4, 0.5) is 0 Å². The van der Waals surface area contributed by atoms with Gasteiger partial charge >= 0.3 is 22.4 Å². The van der Waals surface area contributed by atoms with Crippen molar-refractivity contribution >= 4 is 23.5 Å². The second-order valence-electron chi connectivity index (χ2n) is 3.78. The van der Waals surface area contributed by atoms with Crippen LogP contribution in [0.1, 0.15) is 40.5 Å². The summed E-state index contributed by atoms with van der Waals surface area (Å²) in [5.74, 6) is -5.04. The van der Waals surface area contributed by atoms with Gasteiger partial charge in [0.05, 0.1) is 23.8 Å². The Morgan fingerprint density at radius 3 is 1.00 bits per heavy atom. The van der Waals surface area contributed by atoms with Gasteiger partial charge in [0.15, 0.2) is 0 Å². The molecule has 113 valence electrons. The molecule has 19 heavy (non-hydrogen) atoms. The molecular weight excluding hydrogens is 348 g/mol. The maximum absolute atomic E-state index is 10.4. The Balaban J connectivity index is -0.000000256. The van der Waals surface area contributed by atoms with E-state index in [9.17, 15) is 29.4 Å². The van der Waals surface area contributed by atoms with Crippen molar-refractivity contribution in [1.82, 2.24) is 0 Å². The largest absolute Gasteiger partial charge is 2.00 e. The fourth-order valence-electron chi connectivity index (χ4n) is 1.24. The van der Waals surface area contributed by atoms with E-state index in [-0.39, 0.29) is 33.9 Å². The van der Waals surface area contributed by atoms with E-state index < -0.39 is 23.8 Å². The van der Waals surface area contributed by atoms with Crippen LogP contribution >= 0.6 is 0 Å². The van der Waals surface area contributed by atoms with Gasteiger partial charge in [0.25, 0.3) is 0 Å². The topological polar surface area (TPSA) is 114 Å². The molecule has 0 rings (SSSR count). The van der Waals surface area contributed by atoms with E-state index in [1.54, 1.807) is 13.8 Å². The van der Waals surface area contributed by atoms with Crippen LogP contribution in [0, 0.1) is 11.8 Å². The Hall–Kier alpha value is -0.980. The number of rotatable bonds is 6. The van der Waals surface area contributed by atoms with Crippen LogP contribution in [0.15, 0.2) is 0 Å². The van der Waals surface area contributed by atoms with E-state index in [1.807, 2.05) is 0 Å². The van der Waals surface area contributed by atoms with E-state index in [2.05, 4.69) is 0 Å². The van der Waals surface area contributed by atoms with Gasteiger partial charge in [-0.3, -0.25) is 9.59 Å². The Labute approximate surface area is 128 Å². The van der Waals surface area contributed by atoms with Crippen LogP contribution in [-0.2, 0) is 41.6 Å². The van der Waals surface area contributed by atoms with E-state index in [0.29, 0.717) is 12.8 Å². The van der Waals surface area contributed by atoms with E-state index >= 15 is 0 Å². The van der Waals surface area contributed by atoms with Crippen LogP contribution in [0.25, 0.3) is 0 Å². The van der Waals surface area contributed by atoms with Crippen molar-refractivity contribution in [2.45, 2.75) is 40.5 Å². The third-order valence-electron chi connectivity index (χ3n) is 2.37. The summed E-state index contributed by atoms with van der Waals surface area (Å²) in [5, 5.41) is 20.1. The molecule has 0 bridgehead atoms. The average Bonchev–Trinajstić information content (AvgIpc) is 2.17. The maximum Gasteiger partial charge on any atom is 2.00 e. The number of ketones is 2. The van der Waals surface area contributed by atoms with Crippen molar-refractivity contribution < 1.29 is 51.8 Å². The molecule has 0 saturated carbocycles. The second-order valence-corrected chi connectivity index (χ2v) is 3.78. The smallest absolute Gasteiger partial charge is 0.549 e. The number of Topliss-reactive ketones (excluding diaryl/α,β-unsaturated/α-hetero) is 2. The first-order valence-corrected chi connectivity index (χ1v) is 5.61. The van der Waals surface area contributed by atoms with Crippen molar-refractivity contribution in [3.8, 4) is 0 Å². The summed E-state index contributed by atoms with van der Waals surface area (Å²) in [7, 11) is 0. The second kappa shape index (κ2) is 12.1. The molecule has 0 aromatic rings. The Morgan fingerprint density at radius 1 is 0.789 bits per heavy atom. The van der Waals surface area contributed by atoms with E-state index in [1.165, 1.54) is 13.8 Å². The van der Waals surface area contributed by atoms with Gasteiger partial charge in [-0.05, 0) is 26.7 Å². The number of aliphatic carboxylic acids is 2. The molecule has 0 spiro atoms. The molecule has 2 atom stereocenters. The molecule has 0 aliphatic carbocycles. The normalized spacial score (nSPS) is 12.0. The van der Waals surface area contributed by atoms with Crippen LogP contribution in [-0.4, -0.2) is 23.5 Å². The first-order chi connectivity index (χ1) is 8.18. The summed E-state index contributed by atoms with van der Waals surface area (Å²) >= 11 is 0. The zero-order chi connectivity index (χ0) is 14.9. The van der Waals surface area contributed by atoms with Gasteiger partial charge in [0.2, 0.25) is 0 Å². The van der Waals surface area contributed by atoms with Crippen molar-refractivity contribution in [1.29, 1.82) is 0 Å². The SMILES string of the molecule is CCC(C(C)=O)C(=O)[O-].CCC(C(C)=O)C(=O)[O-].[Ag+2]. The third-order valence-corrected chi connectivity index (χ3v) is 2.37. The predicted octanol–water partition coefficient (Wildman–Crippen LogP) is -1.30. The number of carboxylic acid groups (broad SMARTS) is 2. The summed E-state index contributed by atoms with van der Waals surface area (Å²) in [5.41, 5.74) is 0. The van der Waals surface area contributed by atoms with E-state index in [4.69, 9.17) is 0 Å². The average molecular weight is 366 g/mol. The number of hydrogen-bond donors (Lipinski definition) is 0. The van der Waals surface area contributed by atoms with Crippen LogP contribution < -0.4 is 10.2 Å². The van der Waals surface area contributed by atoms with Gasteiger partial charge in [0.1, 0.15) is 11.6 Å². The first kappa shape index (κ1) is 23.1. The molecule has 0 fully saturated rings. The van der Waals surface area contributed by atoms with Gasteiger partial charge in [-0.2, -0.15) is 0 Å². The van der Waals surface area contributed by atoms with E-state index in [0.717, 1.165) is 0 Å². The number of carboxylic acids is 2. The molecule has 0 aromatic carbocycles. The fourth-order valence-corrected chi connectivity index (χ4v) is 1.24. The Kier molecular flexibility index (Phi) is 14.7. The molecule has 0 saturated heterocycles. The summed E-state index contributed by atoms with van der Waals surface area (Å²) in [4.78, 5) is 40.9. The monoisotopic (exact) mass is 365 g/mol. The molecule has 0 aliphatic rings. The van der Waals surface area contributed by atoms with Crippen molar-refractivity contribution in [3.63, 3.8) is 0 Å². The molecule has 0 heterocycles. The van der Waals surface area contributed by atoms with Gasteiger partial charge in [-0.25, -0.2) is 0 Å². The van der Waals surface area contributed by atoms with Crippen molar-refractivity contribution in [3.05, 3.63) is 0 Å². The van der Waals surface area contributed by atoms with Crippen molar-refractivity contribution in [2.75, 3.05) is 0 Å². The molecule has 0 amide bonds. The van der Waals surface area contributed by atoms with Gasteiger partial charge in [0, 0.05) is 0 Å². The standard InChI is InChI=1S/2C6H10O3.Ag/c2*1-3-5(4(2)7)6(8)9;/h2*5H,3H2,1-2H3,(H,8,9);/q;;+2/p-2. The summed E-state index contributed by atoms with van der Waals surface area (Å²) in [6.07, 6.45) is 0.634. The van der Waals surface area contributed by atoms with Crippen LogP contribution in [0.2, 0.25) is 0 Å². The molecule has 7 heteroatoms. The van der Waals surface area contributed by atoms with Crippen LogP contribution in [0.3, 0.4) is 0 Å². The molecule has 6 nitrogen and oxygen atoms in total. The number of carbonyl (C=O) groups excluding carboxylic acids is 4. The minimum atomic E-state index is -1.27. The van der Waals surface area contributed by atoms with Gasteiger partial charge in [-0.15, -0.1) is 0 Å². The maximum atomic E-state index is 10.4. The molecule has 0 aliphatic heterocycles. The predicted molar refractivity (Wildman–Crippen MR) is 58.9 cm³/mol. The third kappa shape index (κ3) is 10.6. The Bertz CT molecular complexity index is 266. The molecule has 1 radical (unpaired) electrons. The number of carbonyl (C=O) groups is 4. The molecule has 0 N–H and O–H groups in total. The number of hydrogen-bond acceptors (Lipinski definition) is 6. The minimum absolute atomic E-state index is 0. The first-order valence-electron chi connectivity index (χ1n) is 5.61. The minimum Gasteiger partial charge on any atom is -0.549 e. The summed E-state index contributed by atoms with van der Waals surface area (Å²) < 4.78 is 0. The zero-order valence-corrected chi connectivity index (χ0v) is 12.8. The molecule has 2 unspecified atom stereocenters. The van der Waals surface area contributed by atoms with Gasteiger partial charge in [-0.1, -0.05) is 13.8 Å². The molecule has 0 aromatic heterocycles. The molecular formula is C12H18AgO6. The fraction of sp³-hybridized carbons (Fsp3) is 0.667. The summed E-state index contributed by atoms with van der Waals surface area (Å²) in [6, 6.07) is 0. The summed E-state index contributed by atoms with van der Waals surface area (Å²) in [6.45, 7) is 5.79. The Morgan fingerprint density at radius 2 is 1.00 bits per heavy atom. The van der Waals surface area contributed by atoms with Crippen molar-refractivity contribution in [2.24, 2.45) is 11.8 Å². The quantitative estimate of drug-likeness (QED) is 0.426. The van der Waals surface area contributed by atoms with Crippen LogP contribution in [0.5, 0.6) is 0 Å². The zero-order valence-electron chi connectivity index (χ0n) is 11.3.